The van der Waals surface area contributed by atoms with E-state index in [-0.39, 0.29) is 13.3 Å². The zero-order chi connectivity index (χ0) is 14.4. The first-order chi connectivity index (χ1) is 9.70. The fourth-order valence-corrected chi connectivity index (χ4v) is 1.77. The molecule has 0 atom stereocenters. The number of fused-ring (bicyclic) bond motifs is 1. The van der Waals surface area contributed by atoms with Crippen LogP contribution in [0.1, 0.15) is 25.3 Å². The minimum atomic E-state index is -0.626. The van der Waals surface area contributed by atoms with E-state index < -0.39 is 11.8 Å². The molecule has 108 valence electrons. The quantitative estimate of drug-likeness (QED) is 0.621. The van der Waals surface area contributed by atoms with Crippen LogP contribution in [0.3, 0.4) is 0 Å². The summed E-state index contributed by atoms with van der Waals surface area (Å²) < 4.78 is 10.4. The molecule has 0 bridgehead atoms. The second-order valence-corrected chi connectivity index (χ2v) is 4.48. The van der Waals surface area contributed by atoms with Crippen LogP contribution in [0.2, 0.25) is 0 Å². The molecule has 0 spiro atoms. The van der Waals surface area contributed by atoms with Crippen LogP contribution in [0.5, 0.6) is 11.5 Å². The molecule has 0 aliphatic carbocycles. The van der Waals surface area contributed by atoms with Gasteiger partial charge in [0.15, 0.2) is 11.5 Å². The van der Waals surface area contributed by atoms with E-state index >= 15 is 0 Å². The molecule has 1 aromatic carbocycles. The normalized spacial score (nSPS) is 12.1. The molecular formula is C14H18N2O4. The van der Waals surface area contributed by atoms with E-state index in [0.29, 0.717) is 18.0 Å². The summed E-state index contributed by atoms with van der Waals surface area (Å²) in [4.78, 5) is 23.0. The van der Waals surface area contributed by atoms with E-state index in [1.165, 1.54) is 0 Å². The first-order valence-electron chi connectivity index (χ1n) is 6.65. The smallest absolute Gasteiger partial charge is 0.309 e. The summed E-state index contributed by atoms with van der Waals surface area (Å²) in [6, 6.07) is 5.39. The zero-order valence-corrected chi connectivity index (χ0v) is 11.4. The highest BCUT2D eigenvalue weighted by Crippen LogP contribution is 2.32. The van der Waals surface area contributed by atoms with E-state index in [9.17, 15) is 9.59 Å². The molecule has 1 heterocycles. The number of amides is 2. The Morgan fingerprint density at radius 3 is 2.70 bits per heavy atom. The van der Waals surface area contributed by atoms with Crippen LogP contribution in [0, 0.1) is 0 Å². The molecule has 0 radical (unpaired) electrons. The van der Waals surface area contributed by atoms with Gasteiger partial charge < -0.3 is 20.1 Å². The first-order valence-corrected chi connectivity index (χ1v) is 6.65. The van der Waals surface area contributed by atoms with Crippen LogP contribution in [-0.2, 0) is 16.1 Å². The highest BCUT2D eigenvalue weighted by Gasteiger charge is 2.15. The molecule has 1 aliphatic rings. The van der Waals surface area contributed by atoms with Crippen molar-refractivity contribution in [2.75, 3.05) is 13.3 Å². The molecule has 2 rings (SSSR count). The number of benzene rings is 1. The van der Waals surface area contributed by atoms with Gasteiger partial charge in [-0.15, -0.1) is 0 Å². The van der Waals surface area contributed by atoms with Crippen molar-refractivity contribution in [2.24, 2.45) is 0 Å². The van der Waals surface area contributed by atoms with Gasteiger partial charge in [0.2, 0.25) is 6.79 Å². The second kappa shape index (κ2) is 6.79. The fraction of sp³-hybridized carbons (Fsp3) is 0.429. The number of unbranched alkanes of at least 4 members (excludes halogenated alkanes) is 1. The number of nitrogens with one attached hydrogen (secondary N) is 2. The lowest BCUT2D eigenvalue weighted by Crippen LogP contribution is -2.39. The Labute approximate surface area is 117 Å². The van der Waals surface area contributed by atoms with Crippen molar-refractivity contribution in [1.82, 2.24) is 10.6 Å². The molecule has 2 N–H and O–H groups in total. The maximum atomic E-state index is 11.6. The Balaban J connectivity index is 1.79. The molecule has 2 amide bonds. The number of ether oxygens (including phenoxy) is 2. The van der Waals surface area contributed by atoms with Crippen LogP contribution >= 0.6 is 0 Å². The van der Waals surface area contributed by atoms with Gasteiger partial charge in [0.1, 0.15) is 0 Å². The summed E-state index contributed by atoms with van der Waals surface area (Å²) in [6.45, 7) is 3.03. The Bertz CT molecular complexity index is 502. The topological polar surface area (TPSA) is 76.7 Å². The van der Waals surface area contributed by atoms with Gasteiger partial charge in [0, 0.05) is 13.1 Å². The van der Waals surface area contributed by atoms with Crippen LogP contribution < -0.4 is 20.1 Å². The predicted octanol–water partition coefficient (Wildman–Crippen LogP) is 0.948. The molecule has 0 unspecified atom stereocenters. The standard InChI is InChI=1S/C14H18N2O4/c1-2-3-6-15-13(17)14(18)16-8-10-4-5-11-12(7-10)20-9-19-11/h4-5,7H,2-3,6,8-9H2,1H3,(H,15,17)(H,16,18). The lowest BCUT2D eigenvalue weighted by molar-refractivity contribution is -0.139. The van der Waals surface area contributed by atoms with Gasteiger partial charge in [-0.2, -0.15) is 0 Å². The lowest BCUT2D eigenvalue weighted by Gasteiger charge is -2.06. The third-order valence-electron chi connectivity index (χ3n) is 2.91. The predicted molar refractivity (Wildman–Crippen MR) is 72.3 cm³/mol. The largest absolute Gasteiger partial charge is 0.454 e. The average molecular weight is 278 g/mol. The monoisotopic (exact) mass is 278 g/mol. The molecule has 6 heteroatoms. The van der Waals surface area contributed by atoms with Gasteiger partial charge >= 0.3 is 11.8 Å². The maximum Gasteiger partial charge on any atom is 0.309 e. The number of carbonyl (C=O) groups is 2. The highest BCUT2D eigenvalue weighted by molar-refractivity contribution is 6.35. The van der Waals surface area contributed by atoms with Gasteiger partial charge in [0.25, 0.3) is 0 Å². The SMILES string of the molecule is CCCCNC(=O)C(=O)NCc1ccc2c(c1)OCO2. The number of hydrogen-bond acceptors (Lipinski definition) is 4. The molecule has 1 aliphatic heterocycles. The van der Waals surface area contributed by atoms with E-state index in [4.69, 9.17) is 9.47 Å². The van der Waals surface area contributed by atoms with Gasteiger partial charge in [-0.1, -0.05) is 19.4 Å². The van der Waals surface area contributed by atoms with Gasteiger partial charge in [-0.05, 0) is 24.1 Å². The average Bonchev–Trinajstić information content (AvgIpc) is 2.92. The first kappa shape index (κ1) is 14.2. The molecule has 0 saturated heterocycles. The van der Waals surface area contributed by atoms with E-state index in [1.54, 1.807) is 12.1 Å². The van der Waals surface area contributed by atoms with E-state index in [0.717, 1.165) is 18.4 Å². The third kappa shape index (κ3) is 3.63. The van der Waals surface area contributed by atoms with Crippen LogP contribution in [0.25, 0.3) is 0 Å². The van der Waals surface area contributed by atoms with E-state index in [2.05, 4.69) is 10.6 Å². The number of carbonyl (C=O) groups excluding carboxylic acids is 2. The molecular weight excluding hydrogens is 260 g/mol. The van der Waals surface area contributed by atoms with Crippen molar-refractivity contribution in [2.45, 2.75) is 26.3 Å². The van der Waals surface area contributed by atoms with Crippen molar-refractivity contribution in [3.63, 3.8) is 0 Å². The molecule has 0 saturated carbocycles. The fourth-order valence-electron chi connectivity index (χ4n) is 1.77. The molecule has 20 heavy (non-hydrogen) atoms. The summed E-state index contributed by atoms with van der Waals surface area (Å²) in [5.74, 6) is 0.125. The Kier molecular flexibility index (Phi) is 4.81. The summed E-state index contributed by atoms with van der Waals surface area (Å²) >= 11 is 0. The Morgan fingerprint density at radius 1 is 1.15 bits per heavy atom. The van der Waals surface area contributed by atoms with Crippen molar-refractivity contribution in [3.8, 4) is 11.5 Å². The molecule has 0 aromatic heterocycles. The van der Waals surface area contributed by atoms with Gasteiger partial charge in [-0.3, -0.25) is 9.59 Å². The third-order valence-corrected chi connectivity index (χ3v) is 2.91. The van der Waals surface area contributed by atoms with Crippen LogP contribution in [0.4, 0.5) is 0 Å². The summed E-state index contributed by atoms with van der Waals surface area (Å²) in [6.07, 6.45) is 1.83. The molecule has 1 aromatic rings. The lowest BCUT2D eigenvalue weighted by atomic mass is 10.2. The Morgan fingerprint density at radius 2 is 1.90 bits per heavy atom. The van der Waals surface area contributed by atoms with Crippen molar-refractivity contribution in [3.05, 3.63) is 23.8 Å². The number of hydrogen-bond donors (Lipinski definition) is 2. The van der Waals surface area contributed by atoms with Crippen molar-refractivity contribution < 1.29 is 19.1 Å². The van der Waals surface area contributed by atoms with Gasteiger partial charge in [0.05, 0.1) is 0 Å². The zero-order valence-electron chi connectivity index (χ0n) is 11.4. The maximum absolute atomic E-state index is 11.6. The van der Waals surface area contributed by atoms with Crippen LogP contribution in [0.15, 0.2) is 18.2 Å². The minimum Gasteiger partial charge on any atom is -0.454 e. The molecule has 6 nitrogen and oxygen atoms in total. The summed E-state index contributed by atoms with van der Waals surface area (Å²) in [5.41, 5.74) is 0.851. The number of rotatable bonds is 5. The minimum absolute atomic E-state index is 0.213. The summed E-state index contributed by atoms with van der Waals surface area (Å²) in [7, 11) is 0. The van der Waals surface area contributed by atoms with Crippen molar-refractivity contribution in [1.29, 1.82) is 0 Å². The van der Waals surface area contributed by atoms with Crippen LogP contribution in [-0.4, -0.2) is 25.2 Å². The summed E-state index contributed by atoms with van der Waals surface area (Å²) in [5, 5.41) is 5.14. The highest BCUT2D eigenvalue weighted by atomic mass is 16.7. The van der Waals surface area contributed by atoms with Crippen molar-refractivity contribution >= 4 is 11.8 Å². The van der Waals surface area contributed by atoms with E-state index in [1.807, 2.05) is 13.0 Å². The Hall–Kier alpha value is -2.24. The second-order valence-electron chi connectivity index (χ2n) is 4.48. The van der Waals surface area contributed by atoms with Gasteiger partial charge in [-0.25, -0.2) is 0 Å². The molecule has 0 fully saturated rings.